The Bertz CT molecular complexity index is 1150. The summed E-state index contributed by atoms with van der Waals surface area (Å²) in [6, 6.07) is 4.97. The van der Waals surface area contributed by atoms with Gasteiger partial charge in [-0.15, -0.1) is 11.3 Å². The summed E-state index contributed by atoms with van der Waals surface area (Å²) in [5, 5.41) is 15.8. The number of likely N-dealkylation sites (tertiary alicyclic amines) is 1. The van der Waals surface area contributed by atoms with Crippen LogP contribution in [0.25, 0.3) is 10.4 Å². The van der Waals surface area contributed by atoms with E-state index in [2.05, 4.69) is 15.6 Å². The van der Waals surface area contributed by atoms with Crippen LogP contribution in [0.15, 0.2) is 29.8 Å². The van der Waals surface area contributed by atoms with Crippen molar-refractivity contribution in [2.24, 2.45) is 5.41 Å². The Morgan fingerprint density at radius 1 is 1.16 bits per heavy atom. The Balaban J connectivity index is 1.72. The number of carbonyl (C=O) groups excluding carboxylic acids is 3. The second-order valence-corrected chi connectivity index (χ2v) is 12.7. The number of aliphatic hydroxyl groups excluding tert-OH is 1. The number of aromatic nitrogens is 1. The number of nitrogens with one attached hydrogen (secondary N) is 2. The van der Waals surface area contributed by atoms with Gasteiger partial charge in [0.05, 0.1) is 28.2 Å². The standard InChI is InChI=1S/C28H39FN4O4S/c1-16(18-8-10-19(11-9-18)23-17(2)30-15-38-23)31-25(36)21-12-20(34)14-33(21)26(37)24(28(6,7)29)32-22(35)13-27(3,4)5/h8-11,15-16,20-21,24,34H,12-14H2,1-7H3,(H,31,36)(H,32,35). The molecular weight excluding hydrogens is 507 g/mol. The van der Waals surface area contributed by atoms with Crippen molar-refractivity contribution in [2.75, 3.05) is 6.54 Å². The molecule has 0 radical (unpaired) electrons. The van der Waals surface area contributed by atoms with Crippen molar-refractivity contribution in [3.63, 3.8) is 0 Å². The van der Waals surface area contributed by atoms with Crippen LogP contribution in [0.4, 0.5) is 4.39 Å². The van der Waals surface area contributed by atoms with Crippen LogP contribution in [0.2, 0.25) is 0 Å². The summed E-state index contributed by atoms with van der Waals surface area (Å²) in [5.41, 5.74) is 2.24. The summed E-state index contributed by atoms with van der Waals surface area (Å²) in [4.78, 5) is 45.8. The quantitative estimate of drug-likeness (QED) is 0.465. The first-order chi connectivity index (χ1) is 17.6. The predicted octanol–water partition coefficient (Wildman–Crippen LogP) is 3.93. The molecule has 0 saturated carbocycles. The number of hydrogen-bond acceptors (Lipinski definition) is 6. The van der Waals surface area contributed by atoms with Crippen LogP contribution in [0, 0.1) is 12.3 Å². The largest absolute Gasteiger partial charge is 0.391 e. The highest BCUT2D eigenvalue weighted by molar-refractivity contribution is 7.13. The number of thiazole rings is 1. The first-order valence-corrected chi connectivity index (χ1v) is 13.7. The zero-order chi connectivity index (χ0) is 28.4. The van der Waals surface area contributed by atoms with Crippen molar-refractivity contribution in [1.82, 2.24) is 20.5 Å². The molecule has 1 aromatic heterocycles. The second kappa shape index (κ2) is 11.5. The molecule has 0 bridgehead atoms. The molecule has 1 aromatic carbocycles. The fraction of sp³-hybridized carbons (Fsp3) is 0.571. The lowest BCUT2D eigenvalue weighted by Gasteiger charge is -2.34. The Labute approximate surface area is 228 Å². The highest BCUT2D eigenvalue weighted by Crippen LogP contribution is 2.29. The number of carbonyl (C=O) groups is 3. The van der Waals surface area contributed by atoms with E-state index in [1.807, 2.05) is 58.9 Å². The van der Waals surface area contributed by atoms with Crippen molar-refractivity contribution in [3.05, 3.63) is 41.0 Å². The molecule has 1 aliphatic rings. The van der Waals surface area contributed by atoms with Crippen molar-refractivity contribution < 1.29 is 23.9 Å². The maximum Gasteiger partial charge on any atom is 0.249 e. The van der Waals surface area contributed by atoms with Gasteiger partial charge in [-0.05, 0) is 44.2 Å². The van der Waals surface area contributed by atoms with Crippen LogP contribution in [0.5, 0.6) is 0 Å². The highest BCUT2D eigenvalue weighted by Gasteiger charge is 2.46. The van der Waals surface area contributed by atoms with Crippen molar-refractivity contribution >= 4 is 29.1 Å². The third kappa shape index (κ3) is 7.38. The van der Waals surface area contributed by atoms with Crippen LogP contribution in [0.3, 0.4) is 0 Å². The van der Waals surface area contributed by atoms with Crippen LogP contribution < -0.4 is 10.6 Å². The zero-order valence-electron chi connectivity index (χ0n) is 23.2. The van der Waals surface area contributed by atoms with Gasteiger partial charge in [-0.2, -0.15) is 0 Å². The van der Waals surface area contributed by atoms with Crippen LogP contribution in [-0.2, 0) is 14.4 Å². The summed E-state index contributed by atoms with van der Waals surface area (Å²) in [6.07, 6.45) is -0.790. The van der Waals surface area contributed by atoms with Crippen LogP contribution in [0.1, 0.15) is 71.7 Å². The topological polar surface area (TPSA) is 112 Å². The Morgan fingerprint density at radius 3 is 2.32 bits per heavy atom. The first kappa shape index (κ1) is 29.7. The summed E-state index contributed by atoms with van der Waals surface area (Å²) in [5.74, 6) is -1.62. The third-order valence-electron chi connectivity index (χ3n) is 6.57. The maximum atomic E-state index is 15.1. The molecule has 1 saturated heterocycles. The Hall–Kier alpha value is -2.85. The number of alkyl halides is 1. The van der Waals surface area contributed by atoms with Gasteiger partial charge < -0.3 is 20.6 Å². The number of benzene rings is 1. The molecule has 3 rings (SSSR count). The van der Waals surface area contributed by atoms with Gasteiger partial charge in [0, 0.05) is 19.4 Å². The van der Waals surface area contributed by atoms with Crippen molar-refractivity contribution in [1.29, 1.82) is 0 Å². The average Bonchev–Trinajstić information content (AvgIpc) is 3.40. The molecule has 3 amide bonds. The first-order valence-electron chi connectivity index (χ1n) is 12.8. The van der Waals surface area contributed by atoms with E-state index in [0.717, 1.165) is 21.7 Å². The summed E-state index contributed by atoms with van der Waals surface area (Å²) in [7, 11) is 0. The molecule has 8 nitrogen and oxygen atoms in total. The van der Waals surface area contributed by atoms with Gasteiger partial charge in [0.2, 0.25) is 17.7 Å². The van der Waals surface area contributed by atoms with E-state index in [-0.39, 0.29) is 30.8 Å². The number of nitrogens with zero attached hydrogens (tertiary/aromatic N) is 2. The molecule has 1 aliphatic heterocycles. The molecule has 208 valence electrons. The molecule has 0 aliphatic carbocycles. The van der Waals surface area contributed by atoms with E-state index in [4.69, 9.17) is 0 Å². The number of aliphatic hydroxyl groups is 1. The molecular formula is C28H39FN4O4S. The number of hydrogen-bond donors (Lipinski definition) is 3. The maximum absolute atomic E-state index is 15.1. The van der Waals surface area contributed by atoms with E-state index in [1.54, 1.807) is 16.8 Å². The molecule has 1 fully saturated rings. The zero-order valence-corrected chi connectivity index (χ0v) is 24.0. The molecule has 10 heteroatoms. The van der Waals surface area contributed by atoms with Crippen LogP contribution >= 0.6 is 11.3 Å². The molecule has 38 heavy (non-hydrogen) atoms. The monoisotopic (exact) mass is 546 g/mol. The van der Waals surface area contributed by atoms with Crippen molar-refractivity contribution in [3.8, 4) is 10.4 Å². The van der Waals surface area contributed by atoms with Crippen LogP contribution in [-0.4, -0.2) is 63.1 Å². The van der Waals surface area contributed by atoms with E-state index in [1.165, 1.54) is 18.7 Å². The minimum absolute atomic E-state index is 0.0310. The van der Waals surface area contributed by atoms with Gasteiger partial charge in [0.25, 0.3) is 0 Å². The van der Waals surface area contributed by atoms with E-state index < -0.39 is 41.6 Å². The minimum atomic E-state index is -2.08. The Morgan fingerprint density at radius 2 is 1.79 bits per heavy atom. The fourth-order valence-electron chi connectivity index (χ4n) is 4.59. The SMILES string of the molecule is Cc1ncsc1-c1ccc(C(C)NC(=O)C2CC(O)CN2C(=O)C(NC(=O)CC(C)(C)C)C(C)(C)F)cc1. The number of rotatable bonds is 8. The molecule has 0 spiro atoms. The van der Waals surface area contributed by atoms with E-state index in [0.29, 0.717) is 0 Å². The Kier molecular flexibility index (Phi) is 8.98. The molecule has 2 heterocycles. The number of β-amino-alcohol motifs (C(OH)–C–C–N with tert-alkyl or cyclic N) is 1. The lowest BCUT2D eigenvalue weighted by molar-refractivity contribution is -0.145. The van der Waals surface area contributed by atoms with Gasteiger partial charge in [0.1, 0.15) is 17.8 Å². The number of halogens is 1. The molecule has 3 N–H and O–H groups in total. The average molecular weight is 547 g/mol. The summed E-state index contributed by atoms with van der Waals surface area (Å²) >= 11 is 1.56. The number of amides is 3. The second-order valence-electron chi connectivity index (χ2n) is 11.8. The van der Waals surface area contributed by atoms with E-state index in [9.17, 15) is 19.5 Å². The normalized spacial score (nSPS) is 19.7. The van der Waals surface area contributed by atoms with E-state index >= 15 is 4.39 Å². The summed E-state index contributed by atoms with van der Waals surface area (Å²) in [6.45, 7) is 11.7. The highest BCUT2D eigenvalue weighted by atomic mass is 32.1. The number of aryl methyl sites for hydroxylation is 1. The van der Waals surface area contributed by atoms with Gasteiger partial charge in [-0.1, -0.05) is 45.0 Å². The third-order valence-corrected chi connectivity index (χ3v) is 7.55. The summed E-state index contributed by atoms with van der Waals surface area (Å²) < 4.78 is 15.1. The fourth-order valence-corrected chi connectivity index (χ4v) is 5.40. The molecule has 4 unspecified atom stereocenters. The lowest BCUT2D eigenvalue weighted by atomic mass is 9.91. The molecule has 4 atom stereocenters. The van der Waals surface area contributed by atoms with Gasteiger partial charge >= 0.3 is 0 Å². The minimum Gasteiger partial charge on any atom is -0.391 e. The van der Waals surface area contributed by atoms with Gasteiger partial charge in [0.15, 0.2) is 0 Å². The van der Waals surface area contributed by atoms with Gasteiger partial charge in [-0.3, -0.25) is 14.4 Å². The smallest absolute Gasteiger partial charge is 0.249 e. The predicted molar refractivity (Wildman–Crippen MR) is 146 cm³/mol. The van der Waals surface area contributed by atoms with Gasteiger partial charge in [-0.25, -0.2) is 9.37 Å². The van der Waals surface area contributed by atoms with Crippen molar-refractivity contribution in [2.45, 2.75) is 91.2 Å². The lowest BCUT2D eigenvalue weighted by Crippen LogP contribution is -2.59. The molecule has 2 aromatic rings.